The smallest absolute Gasteiger partial charge is 0.267 e. The Bertz CT molecular complexity index is 1640. The molecule has 3 aromatic heterocycles. The average Bonchev–Trinajstić information content (AvgIpc) is 2.89. The highest BCUT2D eigenvalue weighted by Crippen LogP contribution is 2.14. The number of hydrogen-bond acceptors (Lipinski definition) is 4. The van der Waals surface area contributed by atoms with Gasteiger partial charge in [0.05, 0.1) is 17.0 Å². The van der Waals surface area contributed by atoms with Gasteiger partial charge in [-0.15, -0.1) is 0 Å². The molecule has 5 aromatic rings. The Balaban J connectivity index is 1.63. The molecule has 2 N–H and O–H groups in total. The second-order valence-electron chi connectivity index (χ2n) is 8.48. The van der Waals surface area contributed by atoms with E-state index >= 15 is 0 Å². The van der Waals surface area contributed by atoms with Crippen LogP contribution in [0.25, 0.3) is 16.7 Å². The van der Waals surface area contributed by atoms with Gasteiger partial charge in [0.2, 0.25) is 0 Å². The first kappa shape index (κ1) is 22.3. The van der Waals surface area contributed by atoms with Crippen LogP contribution in [0.4, 0.5) is 0 Å². The zero-order chi connectivity index (χ0) is 24.4. The lowest BCUT2D eigenvalue weighted by atomic mass is 10.1. The monoisotopic (exact) mass is 463 g/mol. The van der Waals surface area contributed by atoms with Crippen molar-refractivity contribution in [2.45, 2.75) is 25.9 Å². The summed E-state index contributed by atoms with van der Waals surface area (Å²) in [5, 5.41) is 12.2. The number of carbonyl (C=O) groups is 1. The van der Waals surface area contributed by atoms with E-state index in [-0.39, 0.29) is 22.7 Å². The van der Waals surface area contributed by atoms with Crippen LogP contribution in [0.3, 0.4) is 0 Å². The second kappa shape index (κ2) is 9.38. The number of fused-ring (bicyclic) bond motifs is 2. The van der Waals surface area contributed by atoms with Gasteiger partial charge in [-0.2, -0.15) is 0 Å². The summed E-state index contributed by atoms with van der Waals surface area (Å²) < 4.78 is 3.13. The Morgan fingerprint density at radius 1 is 1.00 bits per heavy atom. The number of benzene rings is 2. The molecule has 35 heavy (non-hydrogen) atoms. The normalized spacial score (nSPS) is 12.0. The van der Waals surface area contributed by atoms with Crippen molar-refractivity contribution < 1.29 is 4.79 Å². The highest BCUT2D eigenvalue weighted by atomic mass is 16.2. The molecule has 1 atom stereocenters. The van der Waals surface area contributed by atoms with Crippen LogP contribution in [0.15, 0.2) is 95.9 Å². The number of nitrogens with one attached hydrogen (secondary N) is 2. The molecule has 0 aliphatic rings. The Morgan fingerprint density at radius 3 is 2.43 bits per heavy atom. The van der Waals surface area contributed by atoms with Crippen molar-refractivity contribution in [1.82, 2.24) is 19.3 Å². The first-order chi connectivity index (χ1) is 17.0. The zero-order valence-electron chi connectivity index (χ0n) is 19.3. The third-order valence-corrected chi connectivity index (χ3v) is 6.18. The summed E-state index contributed by atoms with van der Waals surface area (Å²) >= 11 is 0. The predicted octanol–water partition coefficient (Wildman–Crippen LogP) is 3.86. The minimum Gasteiger partial charge on any atom is -0.345 e. The van der Waals surface area contributed by atoms with Crippen LogP contribution in [-0.2, 0) is 13.0 Å². The summed E-state index contributed by atoms with van der Waals surface area (Å²) in [6.45, 7) is 2.30. The van der Waals surface area contributed by atoms with Crippen LogP contribution in [0.5, 0.6) is 0 Å². The lowest BCUT2D eigenvalue weighted by Crippen LogP contribution is -2.36. The largest absolute Gasteiger partial charge is 0.345 e. The summed E-state index contributed by atoms with van der Waals surface area (Å²) in [7, 11) is 0. The maximum Gasteiger partial charge on any atom is 0.267 e. The molecule has 0 unspecified atom stereocenters. The molecule has 7 nitrogen and oxygen atoms in total. The molecular weight excluding hydrogens is 438 g/mol. The SMILES string of the molecule is C[C@@H](NC(=O)c1cc2c(=O)n3ccccc3nc2n(CCc2ccccc2)c1=N)c1ccccc1. The van der Waals surface area contributed by atoms with Crippen molar-refractivity contribution in [2.75, 3.05) is 0 Å². The number of carbonyl (C=O) groups excluding carboxylic acids is 1. The first-order valence-electron chi connectivity index (χ1n) is 11.5. The van der Waals surface area contributed by atoms with E-state index in [1.165, 1.54) is 10.5 Å². The molecule has 0 radical (unpaired) electrons. The van der Waals surface area contributed by atoms with Gasteiger partial charge in [-0.05, 0) is 42.7 Å². The average molecular weight is 464 g/mol. The quantitative estimate of drug-likeness (QED) is 0.375. The maximum absolute atomic E-state index is 13.4. The molecule has 7 heteroatoms. The molecule has 0 bridgehead atoms. The van der Waals surface area contributed by atoms with Crippen molar-refractivity contribution in [1.29, 1.82) is 5.41 Å². The molecule has 0 saturated carbocycles. The van der Waals surface area contributed by atoms with E-state index in [1.54, 1.807) is 22.9 Å². The van der Waals surface area contributed by atoms with Gasteiger partial charge in [0, 0.05) is 12.7 Å². The van der Waals surface area contributed by atoms with Crippen LogP contribution in [-0.4, -0.2) is 19.9 Å². The van der Waals surface area contributed by atoms with Gasteiger partial charge in [-0.3, -0.25) is 19.4 Å². The topological polar surface area (TPSA) is 92.2 Å². The summed E-state index contributed by atoms with van der Waals surface area (Å²) in [5.74, 6) is -0.403. The van der Waals surface area contributed by atoms with Gasteiger partial charge in [-0.25, -0.2) is 4.98 Å². The van der Waals surface area contributed by atoms with E-state index in [0.717, 1.165) is 11.1 Å². The summed E-state index contributed by atoms with van der Waals surface area (Å²) in [6.07, 6.45) is 2.29. The van der Waals surface area contributed by atoms with Crippen molar-refractivity contribution in [3.63, 3.8) is 0 Å². The standard InChI is InChI=1S/C28H25N5O2/c1-19(21-12-6-3-7-13-21)30-27(34)22-18-23-26(31-24-14-8-9-16-32(24)28(23)35)33(25(22)29)17-15-20-10-4-2-5-11-20/h2-14,16,18-19,29H,15,17H2,1H3,(H,30,34)/t19-/m1/s1. The molecule has 0 aliphatic carbocycles. The fraction of sp³-hybridized carbons (Fsp3) is 0.143. The number of aromatic nitrogens is 3. The van der Waals surface area contributed by atoms with E-state index in [0.29, 0.717) is 29.6 Å². The van der Waals surface area contributed by atoms with E-state index < -0.39 is 5.91 Å². The van der Waals surface area contributed by atoms with Gasteiger partial charge in [0.25, 0.3) is 11.5 Å². The van der Waals surface area contributed by atoms with Crippen molar-refractivity contribution in [3.8, 4) is 0 Å². The Hall–Kier alpha value is -4.52. The van der Waals surface area contributed by atoms with Crippen molar-refractivity contribution in [3.05, 3.63) is 124 Å². The van der Waals surface area contributed by atoms with E-state index in [2.05, 4.69) is 5.32 Å². The minimum absolute atomic E-state index is 0.0263. The van der Waals surface area contributed by atoms with Crippen LogP contribution >= 0.6 is 0 Å². The van der Waals surface area contributed by atoms with Gasteiger partial charge in [0.1, 0.15) is 16.8 Å². The van der Waals surface area contributed by atoms with Gasteiger partial charge < -0.3 is 9.88 Å². The van der Waals surface area contributed by atoms with E-state index in [9.17, 15) is 9.59 Å². The van der Waals surface area contributed by atoms with Crippen LogP contribution in [0.2, 0.25) is 0 Å². The third kappa shape index (κ3) is 4.36. The molecule has 1 amide bonds. The number of pyridine rings is 2. The third-order valence-electron chi connectivity index (χ3n) is 6.18. The molecule has 2 aromatic carbocycles. The molecule has 0 saturated heterocycles. The molecule has 174 valence electrons. The summed E-state index contributed by atoms with van der Waals surface area (Å²) in [4.78, 5) is 31.4. The molecular formula is C28H25N5O2. The zero-order valence-corrected chi connectivity index (χ0v) is 19.3. The Morgan fingerprint density at radius 2 is 1.69 bits per heavy atom. The molecule has 3 heterocycles. The summed E-state index contributed by atoms with van der Waals surface area (Å²) in [5.41, 5.74) is 2.84. The van der Waals surface area contributed by atoms with Gasteiger partial charge in [0.15, 0.2) is 0 Å². The molecule has 0 aliphatic heterocycles. The van der Waals surface area contributed by atoms with E-state index in [4.69, 9.17) is 10.4 Å². The second-order valence-corrected chi connectivity index (χ2v) is 8.48. The maximum atomic E-state index is 13.4. The van der Waals surface area contributed by atoms with Crippen LogP contribution < -0.4 is 16.4 Å². The predicted molar refractivity (Wildman–Crippen MR) is 135 cm³/mol. The fourth-order valence-electron chi connectivity index (χ4n) is 4.26. The van der Waals surface area contributed by atoms with Crippen LogP contribution in [0.1, 0.15) is 34.5 Å². The lowest BCUT2D eigenvalue weighted by molar-refractivity contribution is 0.0937. The first-order valence-corrected chi connectivity index (χ1v) is 11.5. The lowest BCUT2D eigenvalue weighted by Gasteiger charge is -2.17. The number of nitrogens with zero attached hydrogens (tertiary/aromatic N) is 3. The van der Waals surface area contributed by atoms with Crippen molar-refractivity contribution >= 4 is 22.6 Å². The minimum atomic E-state index is -0.403. The van der Waals surface area contributed by atoms with Gasteiger partial charge in [-0.1, -0.05) is 66.7 Å². The number of amides is 1. The van der Waals surface area contributed by atoms with Crippen LogP contribution in [0, 0.1) is 5.41 Å². The Labute approximate surface area is 201 Å². The Kier molecular flexibility index (Phi) is 5.97. The highest BCUT2D eigenvalue weighted by molar-refractivity contribution is 5.97. The van der Waals surface area contributed by atoms with E-state index in [1.807, 2.05) is 73.7 Å². The van der Waals surface area contributed by atoms with Crippen molar-refractivity contribution in [2.24, 2.45) is 0 Å². The highest BCUT2D eigenvalue weighted by Gasteiger charge is 2.19. The fourth-order valence-corrected chi connectivity index (χ4v) is 4.26. The number of hydrogen-bond donors (Lipinski definition) is 2. The molecule has 0 spiro atoms. The summed E-state index contributed by atoms with van der Waals surface area (Å²) in [6, 6.07) is 26.1. The molecule has 5 rings (SSSR count). The number of aryl methyl sites for hydroxylation is 2. The number of rotatable bonds is 6. The van der Waals surface area contributed by atoms with Gasteiger partial charge >= 0.3 is 0 Å². The molecule has 0 fully saturated rings.